The number of benzene rings is 3. The van der Waals surface area contributed by atoms with Crippen LogP contribution in [0.25, 0.3) is 5.69 Å². The van der Waals surface area contributed by atoms with E-state index in [2.05, 4.69) is 20.7 Å². The van der Waals surface area contributed by atoms with Gasteiger partial charge in [-0.1, -0.05) is 30.3 Å². The Morgan fingerprint density at radius 2 is 1.69 bits per heavy atom. The zero-order valence-electron chi connectivity index (χ0n) is 21.1. The lowest BCUT2D eigenvalue weighted by atomic mass is 10.1. The number of pyridine rings is 1. The summed E-state index contributed by atoms with van der Waals surface area (Å²) in [5.41, 5.74) is 2.20. The molecule has 2 heterocycles. The smallest absolute Gasteiger partial charge is 0.299 e. The largest absolute Gasteiger partial charge is 0.497 e. The van der Waals surface area contributed by atoms with E-state index in [4.69, 9.17) is 9.47 Å². The Hall–Kier alpha value is -5.44. The van der Waals surface area contributed by atoms with Gasteiger partial charge in [0.05, 0.1) is 19.0 Å². The quantitative estimate of drug-likeness (QED) is 0.279. The first-order valence-corrected chi connectivity index (χ1v) is 12.1. The zero-order valence-corrected chi connectivity index (χ0v) is 21.1. The standard InChI is InChI=1S/C30H25N5O4/c1-38-25-12-14-26(15-13-25)39-27-20-33-35(24-10-3-2-4-11-24)30(37)28(27)34-23-9-5-8-22(17-23)29(36)32-19-21-7-6-16-31-18-21/h2-18,20,34H,19H2,1H3,(H,32,36). The maximum absolute atomic E-state index is 13.6. The minimum absolute atomic E-state index is 0.164. The lowest BCUT2D eigenvalue weighted by molar-refractivity contribution is 0.0951. The molecule has 39 heavy (non-hydrogen) atoms. The molecule has 9 heteroatoms. The number of carbonyl (C=O) groups excluding carboxylic acids is 1. The molecule has 194 valence electrons. The van der Waals surface area contributed by atoms with Crippen molar-refractivity contribution in [2.24, 2.45) is 0 Å². The summed E-state index contributed by atoms with van der Waals surface area (Å²) in [6, 6.07) is 26.6. The van der Waals surface area contributed by atoms with E-state index >= 15 is 0 Å². The van der Waals surface area contributed by atoms with Gasteiger partial charge in [-0.2, -0.15) is 9.78 Å². The molecule has 0 fully saturated rings. The second-order valence-corrected chi connectivity index (χ2v) is 8.46. The number of carbonyl (C=O) groups is 1. The van der Waals surface area contributed by atoms with Gasteiger partial charge >= 0.3 is 0 Å². The second kappa shape index (κ2) is 11.7. The lowest BCUT2D eigenvalue weighted by Gasteiger charge is -2.15. The third-order valence-corrected chi connectivity index (χ3v) is 5.80. The summed E-state index contributed by atoms with van der Waals surface area (Å²) >= 11 is 0. The minimum atomic E-state index is -0.418. The van der Waals surface area contributed by atoms with Crippen molar-refractivity contribution in [3.63, 3.8) is 0 Å². The maximum atomic E-state index is 13.6. The van der Waals surface area contributed by atoms with Crippen molar-refractivity contribution in [1.82, 2.24) is 20.1 Å². The van der Waals surface area contributed by atoms with Crippen molar-refractivity contribution < 1.29 is 14.3 Å². The highest BCUT2D eigenvalue weighted by atomic mass is 16.5. The van der Waals surface area contributed by atoms with Gasteiger partial charge in [0.1, 0.15) is 11.5 Å². The second-order valence-electron chi connectivity index (χ2n) is 8.46. The Bertz CT molecular complexity index is 1620. The Morgan fingerprint density at radius 1 is 0.897 bits per heavy atom. The molecule has 1 amide bonds. The molecule has 2 N–H and O–H groups in total. The average Bonchev–Trinajstić information content (AvgIpc) is 2.99. The topological polar surface area (TPSA) is 107 Å². The molecule has 0 aliphatic carbocycles. The first kappa shape index (κ1) is 25.2. The fourth-order valence-corrected chi connectivity index (χ4v) is 3.82. The normalized spacial score (nSPS) is 10.5. The molecule has 0 atom stereocenters. The molecule has 3 aromatic carbocycles. The van der Waals surface area contributed by atoms with Crippen molar-refractivity contribution in [2.45, 2.75) is 6.54 Å². The minimum Gasteiger partial charge on any atom is -0.497 e. The van der Waals surface area contributed by atoms with Crippen molar-refractivity contribution in [1.29, 1.82) is 0 Å². The van der Waals surface area contributed by atoms with Crippen molar-refractivity contribution in [3.8, 4) is 22.9 Å². The predicted molar refractivity (Wildman–Crippen MR) is 148 cm³/mol. The highest BCUT2D eigenvalue weighted by Crippen LogP contribution is 2.30. The molecule has 0 radical (unpaired) electrons. The Balaban J connectivity index is 1.45. The fraction of sp³-hybridized carbons (Fsp3) is 0.0667. The van der Waals surface area contributed by atoms with Gasteiger partial charge < -0.3 is 20.1 Å². The predicted octanol–water partition coefficient (Wildman–Crippen LogP) is 5.10. The van der Waals surface area contributed by atoms with Gasteiger partial charge in [-0.05, 0) is 66.2 Å². The number of anilines is 2. The number of nitrogens with zero attached hydrogens (tertiary/aromatic N) is 3. The highest BCUT2D eigenvalue weighted by molar-refractivity contribution is 5.95. The van der Waals surface area contributed by atoms with Crippen LogP contribution in [0.2, 0.25) is 0 Å². The number of ether oxygens (including phenoxy) is 2. The molecule has 0 unspecified atom stereocenters. The third kappa shape index (κ3) is 6.11. The number of hydrogen-bond acceptors (Lipinski definition) is 7. The van der Waals surface area contributed by atoms with Crippen LogP contribution < -0.4 is 25.7 Å². The van der Waals surface area contributed by atoms with Crippen LogP contribution in [-0.4, -0.2) is 27.8 Å². The van der Waals surface area contributed by atoms with E-state index in [1.807, 2.05) is 30.3 Å². The van der Waals surface area contributed by atoms with Gasteiger partial charge in [0.15, 0.2) is 11.4 Å². The van der Waals surface area contributed by atoms with Crippen LogP contribution in [0.4, 0.5) is 11.4 Å². The number of para-hydroxylation sites is 1. The van der Waals surface area contributed by atoms with Gasteiger partial charge in [0, 0.05) is 30.2 Å². The molecule has 0 saturated heterocycles. The Morgan fingerprint density at radius 3 is 2.44 bits per heavy atom. The van der Waals surface area contributed by atoms with Gasteiger partial charge in [-0.25, -0.2) is 0 Å². The zero-order chi connectivity index (χ0) is 27.0. The van der Waals surface area contributed by atoms with E-state index in [9.17, 15) is 9.59 Å². The van der Waals surface area contributed by atoms with Crippen LogP contribution in [0, 0.1) is 0 Å². The molecule has 0 bridgehead atoms. The number of aromatic nitrogens is 3. The van der Waals surface area contributed by atoms with Crippen LogP contribution in [0.3, 0.4) is 0 Å². The lowest BCUT2D eigenvalue weighted by Crippen LogP contribution is -2.24. The Kier molecular flexibility index (Phi) is 7.59. The summed E-state index contributed by atoms with van der Waals surface area (Å²) in [6.45, 7) is 0.344. The molecule has 0 spiro atoms. The van der Waals surface area contributed by atoms with Crippen LogP contribution in [-0.2, 0) is 6.54 Å². The van der Waals surface area contributed by atoms with E-state index in [0.717, 1.165) is 5.56 Å². The fourth-order valence-electron chi connectivity index (χ4n) is 3.82. The molecule has 0 aliphatic rings. The van der Waals surface area contributed by atoms with Crippen LogP contribution >= 0.6 is 0 Å². The molecule has 2 aromatic heterocycles. The van der Waals surface area contributed by atoms with Crippen LogP contribution in [0.5, 0.6) is 17.2 Å². The number of rotatable bonds is 9. The molecular formula is C30H25N5O4. The average molecular weight is 520 g/mol. The molecular weight excluding hydrogens is 494 g/mol. The summed E-state index contributed by atoms with van der Waals surface area (Å²) in [5.74, 6) is 1.15. The van der Waals surface area contributed by atoms with Gasteiger partial charge in [0.2, 0.25) is 0 Å². The van der Waals surface area contributed by atoms with E-state index < -0.39 is 5.56 Å². The van der Waals surface area contributed by atoms with E-state index in [0.29, 0.717) is 35.0 Å². The number of nitrogens with one attached hydrogen (secondary N) is 2. The number of methoxy groups -OCH3 is 1. The summed E-state index contributed by atoms with van der Waals surface area (Å²) in [6.07, 6.45) is 4.85. The molecule has 5 rings (SSSR count). The van der Waals surface area contributed by atoms with Crippen molar-refractivity contribution >= 4 is 17.3 Å². The summed E-state index contributed by atoms with van der Waals surface area (Å²) in [7, 11) is 1.58. The van der Waals surface area contributed by atoms with Gasteiger partial charge in [0.25, 0.3) is 11.5 Å². The number of hydrogen-bond donors (Lipinski definition) is 2. The SMILES string of the molecule is COc1ccc(Oc2cnn(-c3ccccc3)c(=O)c2Nc2cccc(C(=O)NCc3cccnc3)c2)cc1. The molecule has 5 aromatic rings. The monoisotopic (exact) mass is 519 g/mol. The molecule has 9 nitrogen and oxygen atoms in total. The maximum Gasteiger partial charge on any atom is 0.299 e. The van der Waals surface area contributed by atoms with Gasteiger partial charge in [-0.3, -0.25) is 14.6 Å². The summed E-state index contributed by atoms with van der Waals surface area (Å²) in [4.78, 5) is 30.5. The Labute approximate surface area is 224 Å². The summed E-state index contributed by atoms with van der Waals surface area (Å²) < 4.78 is 12.5. The molecule has 0 aliphatic heterocycles. The van der Waals surface area contributed by atoms with Crippen LogP contribution in [0.1, 0.15) is 15.9 Å². The van der Waals surface area contributed by atoms with E-state index in [-0.39, 0.29) is 17.3 Å². The third-order valence-electron chi connectivity index (χ3n) is 5.80. The van der Waals surface area contributed by atoms with Crippen molar-refractivity contribution in [2.75, 3.05) is 12.4 Å². The molecule has 0 saturated carbocycles. The first-order chi connectivity index (χ1) is 19.1. The summed E-state index contributed by atoms with van der Waals surface area (Å²) in [5, 5.41) is 10.4. The highest BCUT2D eigenvalue weighted by Gasteiger charge is 2.16. The first-order valence-electron chi connectivity index (χ1n) is 12.1. The van der Waals surface area contributed by atoms with Crippen LogP contribution in [0.15, 0.2) is 114 Å². The van der Waals surface area contributed by atoms with E-state index in [1.54, 1.807) is 80.2 Å². The number of amides is 1. The van der Waals surface area contributed by atoms with Crippen molar-refractivity contribution in [3.05, 3.63) is 131 Å². The van der Waals surface area contributed by atoms with Gasteiger partial charge in [-0.15, -0.1) is 0 Å². The van der Waals surface area contributed by atoms with E-state index in [1.165, 1.54) is 10.9 Å².